The van der Waals surface area contributed by atoms with E-state index in [4.69, 9.17) is 23.2 Å². The van der Waals surface area contributed by atoms with Crippen LogP contribution in [-0.2, 0) is 0 Å². The predicted octanol–water partition coefficient (Wildman–Crippen LogP) is 5.98. The second-order valence-electron chi connectivity index (χ2n) is 3.72. The van der Waals surface area contributed by atoms with Gasteiger partial charge in [0.15, 0.2) is 0 Å². The van der Waals surface area contributed by atoms with Crippen LogP contribution in [0, 0.1) is 0 Å². The summed E-state index contributed by atoms with van der Waals surface area (Å²) in [6.45, 7) is 0. The van der Waals surface area contributed by atoms with E-state index in [1.165, 1.54) is 0 Å². The van der Waals surface area contributed by atoms with Gasteiger partial charge >= 0.3 is 0 Å². The van der Waals surface area contributed by atoms with E-state index >= 15 is 0 Å². The molecule has 2 rings (SSSR count). The van der Waals surface area contributed by atoms with Crippen LogP contribution in [0.4, 0.5) is 0 Å². The predicted molar refractivity (Wildman–Crippen MR) is 83.1 cm³/mol. The Hall–Kier alpha value is -0.890. The number of halogens is 2. The van der Waals surface area contributed by atoms with Gasteiger partial charge in [0.2, 0.25) is 0 Å². The molecule has 1 unspecified atom stereocenters. The minimum absolute atomic E-state index is 0.0604. The van der Waals surface area contributed by atoms with Crippen LogP contribution in [-0.4, -0.2) is 0 Å². The molecule has 0 aliphatic rings. The third-order valence-electron chi connectivity index (χ3n) is 2.39. The van der Waals surface area contributed by atoms with Gasteiger partial charge in [-0.2, -0.15) is 0 Å². The summed E-state index contributed by atoms with van der Waals surface area (Å²) in [5, 5.41) is 2.76. The summed E-state index contributed by atoms with van der Waals surface area (Å²) in [7, 11) is 0. The molecule has 0 fully saturated rings. The summed E-state index contributed by atoms with van der Waals surface area (Å²) in [4.78, 5) is 0. The van der Waals surface area contributed by atoms with Crippen LogP contribution in [0.3, 0.4) is 0 Å². The summed E-state index contributed by atoms with van der Waals surface area (Å²) in [6, 6.07) is 17.7. The topological polar surface area (TPSA) is 0 Å². The van der Waals surface area contributed by atoms with Gasteiger partial charge in [0.05, 0.1) is 0 Å². The number of benzene rings is 2. The fourth-order valence-corrected chi connectivity index (χ4v) is 2.58. The molecule has 0 radical (unpaired) electrons. The maximum Gasteiger partial charge on any atom is 0.108 e. The number of alkyl halides is 1. The lowest BCUT2D eigenvalue weighted by Crippen LogP contribution is -1.81. The van der Waals surface area contributed by atoms with Gasteiger partial charge in [0, 0.05) is 5.02 Å². The number of thioether (sulfide) groups is 1. The van der Waals surface area contributed by atoms with Gasteiger partial charge in [-0.05, 0) is 34.7 Å². The van der Waals surface area contributed by atoms with Gasteiger partial charge in [0.1, 0.15) is 4.71 Å². The zero-order valence-corrected chi connectivity index (χ0v) is 11.9. The molecule has 0 amide bonds. The smallest absolute Gasteiger partial charge is 0.108 e. The second-order valence-corrected chi connectivity index (χ2v) is 5.86. The molecule has 0 aromatic heterocycles. The van der Waals surface area contributed by atoms with Crippen LogP contribution in [0.2, 0.25) is 5.02 Å². The van der Waals surface area contributed by atoms with Crippen LogP contribution in [0.1, 0.15) is 15.8 Å². The SMILES string of the molecule is Clc1ccc(C=CSC(Cl)c2ccccc2)cc1. The molecule has 0 nitrogen and oxygen atoms in total. The summed E-state index contributed by atoms with van der Waals surface area (Å²) in [6.07, 6.45) is 2.03. The van der Waals surface area contributed by atoms with Gasteiger partial charge in [-0.1, -0.05) is 54.1 Å². The van der Waals surface area contributed by atoms with E-state index < -0.39 is 0 Å². The van der Waals surface area contributed by atoms with Gasteiger partial charge in [-0.15, -0.1) is 23.4 Å². The van der Waals surface area contributed by atoms with E-state index in [2.05, 4.69) is 0 Å². The molecule has 0 aliphatic heterocycles. The molecule has 92 valence electrons. The van der Waals surface area contributed by atoms with Crippen LogP contribution >= 0.6 is 35.0 Å². The summed E-state index contributed by atoms with van der Waals surface area (Å²) in [5.41, 5.74) is 2.23. The molecule has 3 heteroatoms. The van der Waals surface area contributed by atoms with Crippen molar-refractivity contribution in [3.63, 3.8) is 0 Å². The lowest BCUT2D eigenvalue weighted by Gasteiger charge is -2.05. The molecule has 2 aromatic carbocycles. The molecular formula is C15H12Cl2S. The first-order valence-corrected chi connectivity index (χ1v) is 7.28. The normalized spacial score (nSPS) is 12.8. The van der Waals surface area contributed by atoms with Crippen molar-refractivity contribution in [3.8, 4) is 0 Å². The van der Waals surface area contributed by atoms with Gasteiger partial charge < -0.3 is 0 Å². The van der Waals surface area contributed by atoms with Crippen LogP contribution in [0.15, 0.2) is 60.0 Å². The van der Waals surface area contributed by atoms with Crippen molar-refractivity contribution in [2.45, 2.75) is 4.71 Å². The Balaban J connectivity index is 1.93. The van der Waals surface area contributed by atoms with E-state index in [1.54, 1.807) is 11.8 Å². The lowest BCUT2D eigenvalue weighted by molar-refractivity contribution is 1.37. The Morgan fingerprint density at radius 1 is 0.944 bits per heavy atom. The van der Waals surface area contributed by atoms with Gasteiger partial charge in [-0.25, -0.2) is 0 Å². The molecule has 0 saturated heterocycles. The molecule has 0 N–H and O–H groups in total. The Labute approximate surface area is 122 Å². The number of rotatable bonds is 4. The number of hydrogen-bond donors (Lipinski definition) is 0. The van der Waals surface area contributed by atoms with E-state index in [9.17, 15) is 0 Å². The third-order valence-corrected chi connectivity index (χ3v) is 4.01. The van der Waals surface area contributed by atoms with Crippen molar-refractivity contribution in [3.05, 3.63) is 76.2 Å². The minimum Gasteiger partial charge on any atom is -0.109 e. The van der Waals surface area contributed by atoms with Crippen LogP contribution in [0.25, 0.3) is 6.08 Å². The highest BCUT2D eigenvalue weighted by Crippen LogP contribution is 2.33. The molecule has 0 aliphatic carbocycles. The molecule has 1 atom stereocenters. The van der Waals surface area contributed by atoms with Gasteiger partial charge in [0.25, 0.3) is 0 Å². The summed E-state index contributed by atoms with van der Waals surface area (Å²) < 4.78 is -0.0604. The summed E-state index contributed by atoms with van der Waals surface area (Å²) >= 11 is 13.7. The molecule has 0 spiro atoms. The molecule has 2 aromatic rings. The maximum absolute atomic E-state index is 6.29. The van der Waals surface area contributed by atoms with Crippen molar-refractivity contribution in [1.82, 2.24) is 0 Å². The first kappa shape index (κ1) is 13.5. The fraction of sp³-hybridized carbons (Fsp3) is 0.0667. The Morgan fingerprint density at radius 3 is 2.28 bits per heavy atom. The van der Waals surface area contributed by atoms with Gasteiger partial charge in [-0.3, -0.25) is 0 Å². The van der Waals surface area contributed by atoms with E-state index in [1.807, 2.05) is 66.1 Å². The van der Waals surface area contributed by atoms with E-state index in [0.29, 0.717) is 0 Å². The quantitative estimate of drug-likeness (QED) is 0.625. The largest absolute Gasteiger partial charge is 0.109 e. The zero-order valence-electron chi connectivity index (χ0n) is 9.59. The molecule has 0 saturated carbocycles. The van der Waals surface area contributed by atoms with Crippen molar-refractivity contribution in [1.29, 1.82) is 0 Å². The maximum atomic E-state index is 6.29. The second kappa shape index (κ2) is 6.89. The zero-order chi connectivity index (χ0) is 12.8. The van der Waals surface area contributed by atoms with Crippen molar-refractivity contribution in [2.24, 2.45) is 0 Å². The Kier molecular flexibility index (Phi) is 5.18. The average Bonchev–Trinajstić information content (AvgIpc) is 2.42. The third kappa shape index (κ3) is 4.09. The Morgan fingerprint density at radius 2 is 1.61 bits per heavy atom. The first-order chi connectivity index (χ1) is 8.75. The van der Waals surface area contributed by atoms with Crippen LogP contribution < -0.4 is 0 Å². The highest BCUT2D eigenvalue weighted by atomic mass is 35.5. The standard InChI is InChI=1S/C15H12Cl2S/c16-14-8-6-12(7-9-14)10-11-18-15(17)13-4-2-1-3-5-13/h1-11,15H. The monoisotopic (exact) mass is 294 g/mol. The van der Waals surface area contributed by atoms with Crippen molar-refractivity contribution >= 4 is 41.0 Å². The molecular weight excluding hydrogens is 283 g/mol. The molecule has 18 heavy (non-hydrogen) atoms. The average molecular weight is 295 g/mol. The van der Waals surface area contributed by atoms with Crippen molar-refractivity contribution < 1.29 is 0 Å². The Bertz CT molecular complexity index is 506. The highest BCUT2D eigenvalue weighted by molar-refractivity contribution is 8.03. The molecule has 0 bridgehead atoms. The first-order valence-electron chi connectivity index (χ1n) is 5.52. The number of hydrogen-bond acceptors (Lipinski definition) is 1. The van der Waals surface area contributed by atoms with E-state index in [0.717, 1.165) is 16.1 Å². The van der Waals surface area contributed by atoms with Crippen LogP contribution in [0.5, 0.6) is 0 Å². The lowest BCUT2D eigenvalue weighted by atomic mass is 10.2. The van der Waals surface area contributed by atoms with Crippen molar-refractivity contribution in [2.75, 3.05) is 0 Å². The van der Waals surface area contributed by atoms with E-state index in [-0.39, 0.29) is 4.71 Å². The summed E-state index contributed by atoms with van der Waals surface area (Å²) in [5.74, 6) is 0. The highest BCUT2D eigenvalue weighted by Gasteiger charge is 2.04. The molecule has 0 heterocycles. The fourth-order valence-electron chi connectivity index (χ4n) is 1.44. The minimum atomic E-state index is -0.0604.